The number of nitrogens with one attached hydrogen (secondary N) is 1. The monoisotopic (exact) mass is 450 g/mol. The van der Waals surface area contributed by atoms with Crippen LogP contribution in [0.1, 0.15) is 36.0 Å². The molecule has 0 atom stereocenters. The van der Waals surface area contributed by atoms with Crippen LogP contribution in [-0.2, 0) is 11.3 Å². The maximum atomic E-state index is 5.46. The number of aromatic nitrogens is 4. The molecule has 156 valence electrons. The van der Waals surface area contributed by atoms with Crippen LogP contribution in [0.2, 0.25) is 0 Å². The van der Waals surface area contributed by atoms with Crippen molar-refractivity contribution in [1.82, 2.24) is 25.1 Å². The van der Waals surface area contributed by atoms with Crippen LogP contribution < -0.4 is 5.32 Å². The van der Waals surface area contributed by atoms with Gasteiger partial charge in [-0.3, -0.25) is 4.90 Å². The van der Waals surface area contributed by atoms with E-state index < -0.39 is 0 Å². The summed E-state index contributed by atoms with van der Waals surface area (Å²) in [4.78, 5) is 14.5. The third-order valence-electron chi connectivity index (χ3n) is 4.91. The Morgan fingerprint density at radius 2 is 1.97 bits per heavy atom. The van der Waals surface area contributed by atoms with Gasteiger partial charge in [-0.1, -0.05) is 24.7 Å². The summed E-state index contributed by atoms with van der Waals surface area (Å²) in [6.07, 6.45) is 2.29. The molecule has 1 aliphatic heterocycles. The summed E-state index contributed by atoms with van der Waals surface area (Å²) in [6, 6.07) is 0. The van der Waals surface area contributed by atoms with E-state index in [-0.39, 0.29) is 0 Å². The van der Waals surface area contributed by atoms with E-state index in [4.69, 9.17) is 14.7 Å². The molecule has 0 saturated carbocycles. The molecule has 29 heavy (non-hydrogen) atoms. The van der Waals surface area contributed by atoms with E-state index in [2.05, 4.69) is 41.2 Å². The van der Waals surface area contributed by atoms with Gasteiger partial charge in [-0.15, -0.1) is 21.5 Å². The van der Waals surface area contributed by atoms with E-state index in [9.17, 15) is 0 Å². The molecule has 0 unspecified atom stereocenters. The highest BCUT2D eigenvalue weighted by Gasteiger charge is 2.19. The van der Waals surface area contributed by atoms with Crippen molar-refractivity contribution in [2.24, 2.45) is 0 Å². The van der Waals surface area contributed by atoms with E-state index in [1.807, 2.05) is 0 Å². The predicted molar refractivity (Wildman–Crippen MR) is 120 cm³/mol. The number of ether oxygens (including phenoxy) is 1. The van der Waals surface area contributed by atoms with Crippen molar-refractivity contribution < 1.29 is 4.74 Å². The number of hydrogen-bond acceptors (Lipinski definition) is 10. The van der Waals surface area contributed by atoms with Crippen LogP contribution in [0.15, 0.2) is 9.37 Å². The first-order chi connectivity index (χ1) is 14.1. The molecule has 0 bridgehead atoms. The van der Waals surface area contributed by atoms with Crippen LogP contribution in [0.3, 0.4) is 0 Å². The molecule has 0 aromatic carbocycles. The fraction of sp³-hybridized carbons (Fsp3) is 0.579. The highest BCUT2D eigenvalue weighted by Crippen LogP contribution is 2.39. The molecular weight excluding hydrogens is 424 g/mol. The van der Waals surface area contributed by atoms with E-state index in [0.717, 1.165) is 82.8 Å². The first-order valence-corrected chi connectivity index (χ1v) is 12.4. The van der Waals surface area contributed by atoms with Gasteiger partial charge in [0.15, 0.2) is 4.34 Å². The first kappa shape index (κ1) is 20.9. The summed E-state index contributed by atoms with van der Waals surface area (Å²) in [5.74, 6) is 0.869. The van der Waals surface area contributed by atoms with Crippen molar-refractivity contribution in [3.05, 3.63) is 16.3 Å². The average Bonchev–Trinajstić information content (AvgIpc) is 3.27. The SMILES string of the molecule is CCCCNc1nnc(Sc2nc(CN3CCOCC3)nc3sc(C)c(C)c23)s1. The quantitative estimate of drug-likeness (QED) is 0.401. The van der Waals surface area contributed by atoms with Crippen LogP contribution in [0.25, 0.3) is 10.2 Å². The molecule has 1 saturated heterocycles. The van der Waals surface area contributed by atoms with Gasteiger partial charge in [0.05, 0.1) is 19.8 Å². The largest absolute Gasteiger partial charge is 0.379 e. The lowest BCUT2D eigenvalue weighted by Gasteiger charge is -2.25. The van der Waals surface area contributed by atoms with Crippen molar-refractivity contribution in [2.75, 3.05) is 38.2 Å². The molecule has 1 aliphatic rings. The molecule has 3 aromatic heterocycles. The molecule has 4 heterocycles. The maximum Gasteiger partial charge on any atom is 0.206 e. The van der Waals surface area contributed by atoms with E-state index in [1.165, 1.54) is 10.4 Å². The fourth-order valence-electron chi connectivity index (χ4n) is 3.14. The Balaban J connectivity index is 1.59. The van der Waals surface area contributed by atoms with Gasteiger partial charge >= 0.3 is 0 Å². The molecule has 0 amide bonds. The summed E-state index contributed by atoms with van der Waals surface area (Å²) in [5.41, 5.74) is 1.26. The summed E-state index contributed by atoms with van der Waals surface area (Å²) in [6.45, 7) is 11.6. The molecular formula is C19H26N6OS3. The number of thiophene rings is 1. The highest BCUT2D eigenvalue weighted by molar-refractivity contribution is 8.01. The average molecular weight is 451 g/mol. The van der Waals surface area contributed by atoms with Gasteiger partial charge < -0.3 is 10.1 Å². The number of rotatable bonds is 8. The smallest absolute Gasteiger partial charge is 0.206 e. The Bertz CT molecular complexity index is 966. The van der Waals surface area contributed by atoms with Gasteiger partial charge in [-0.2, -0.15) is 0 Å². The molecule has 4 rings (SSSR count). The molecule has 3 aromatic rings. The summed E-state index contributed by atoms with van der Waals surface area (Å²) in [7, 11) is 0. The second kappa shape index (κ2) is 9.65. The van der Waals surface area contributed by atoms with Crippen LogP contribution in [0.4, 0.5) is 5.13 Å². The minimum absolute atomic E-state index is 0.753. The standard InChI is InChI=1S/C19H26N6OS3/c1-4-5-6-20-18-23-24-19(29-18)28-17-15-12(2)13(3)27-16(15)21-14(22-17)11-25-7-9-26-10-8-25/h4-11H2,1-3H3,(H,20,23). The zero-order valence-electron chi connectivity index (χ0n) is 17.0. The zero-order valence-corrected chi connectivity index (χ0v) is 19.5. The number of aryl methyl sites for hydroxylation is 2. The Morgan fingerprint density at radius 1 is 1.14 bits per heavy atom. The summed E-state index contributed by atoms with van der Waals surface area (Å²) in [5, 5.41) is 15.0. The van der Waals surface area contributed by atoms with Gasteiger partial charge in [0.2, 0.25) is 5.13 Å². The molecule has 10 heteroatoms. The number of unbranched alkanes of at least 4 members (excludes halogenated alkanes) is 1. The van der Waals surface area contributed by atoms with Crippen molar-refractivity contribution in [3.8, 4) is 0 Å². The third kappa shape index (κ3) is 5.05. The summed E-state index contributed by atoms with van der Waals surface area (Å²) >= 11 is 4.93. The van der Waals surface area contributed by atoms with Crippen LogP contribution in [-0.4, -0.2) is 57.9 Å². The Labute approximate surface area is 183 Å². The lowest BCUT2D eigenvalue weighted by molar-refractivity contribution is 0.0330. The van der Waals surface area contributed by atoms with Gasteiger partial charge in [0.1, 0.15) is 15.7 Å². The van der Waals surface area contributed by atoms with Gasteiger partial charge in [-0.25, -0.2) is 9.97 Å². The van der Waals surface area contributed by atoms with E-state index >= 15 is 0 Å². The molecule has 7 nitrogen and oxygen atoms in total. The van der Waals surface area contributed by atoms with Crippen LogP contribution >= 0.6 is 34.4 Å². The second-order valence-electron chi connectivity index (χ2n) is 7.05. The fourth-order valence-corrected chi connectivity index (χ4v) is 6.14. The van der Waals surface area contributed by atoms with Gasteiger partial charge in [-0.05, 0) is 37.6 Å². The molecule has 1 N–H and O–H groups in total. The first-order valence-electron chi connectivity index (χ1n) is 9.96. The normalized spacial score (nSPS) is 15.3. The lowest BCUT2D eigenvalue weighted by atomic mass is 10.2. The zero-order chi connectivity index (χ0) is 20.2. The van der Waals surface area contributed by atoms with Gasteiger partial charge in [0, 0.05) is 29.9 Å². The van der Waals surface area contributed by atoms with Crippen molar-refractivity contribution in [3.63, 3.8) is 0 Å². The highest BCUT2D eigenvalue weighted by atomic mass is 32.2. The molecule has 0 radical (unpaired) electrons. The van der Waals surface area contributed by atoms with E-state index in [1.54, 1.807) is 34.4 Å². The second-order valence-corrected chi connectivity index (χ2v) is 10.5. The number of fused-ring (bicyclic) bond motifs is 1. The predicted octanol–water partition coefficient (Wildman–Crippen LogP) is 4.36. The topological polar surface area (TPSA) is 76.1 Å². The minimum atomic E-state index is 0.753. The summed E-state index contributed by atoms with van der Waals surface area (Å²) < 4.78 is 6.37. The van der Waals surface area contributed by atoms with Crippen molar-refractivity contribution in [2.45, 2.75) is 49.5 Å². The molecule has 1 fully saturated rings. The van der Waals surface area contributed by atoms with Crippen molar-refractivity contribution in [1.29, 1.82) is 0 Å². The number of morpholine rings is 1. The number of nitrogens with zero attached hydrogens (tertiary/aromatic N) is 5. The van der Waals surface area contributed by atoms with Crippen LogP contribution in [0, 0.1) is 13.8 Å². The molecule has 0 aliphatic carbocycles. The minimum Gasteiger partial charge on any atom is -0.379 e. The Kier molecular flexibility index (Phi) is 6.96. The number of anilines is 1. The van der Waals surface area contributed by atoms with Gasteiger partial charge in [0.25, 0.3) is 0 Å². The van der Waals surface area contributed by atoms with Crippen molar-refractivity contribution >= 4 is 49.8 Å². The molecule has 0 spiro atoms. The maximum absolute atomic E-state index is 5.46. The number of hydrogen-bond donors (Lipinski definition) is 1. The van der Waals surface area contributed by atoms with Crippen LogP contribution in [0.5, 0.6) is 0 Å². The lowest BCUT2D eigenvalue weighted by Crippen LogP contribution is -2.36. The Morgan fingerprint density at radius 3 is 2.76 bits per heavy atom. The van der Waals surface area contributed by atoms with E-state index in [0.29, 0.717) is 0 Å². The third-order valence-corrected chi connectivity index (χ3v) is 7.93. The Hall–Kier alpha value is -1.33.